The molecule has 0 aromatic carbocycles. The zero-order chi connectivity index (χ0) is 11.4. The average Bonchev–Trinajstić information content (AvgIpc) is 2.03. The second-order valence-electron chi connectivity index (χ2n) is 3.65. The highest BCUT2D eigenvalue weighted by Gasteiger charge is 2.36. The maximum Gasteiger partial charge on any atom is 0.323 e. The second kappa shape index (κ2) is 4.95. The summed E-state index contributed by atoms with van der Waals surface area (Å²) in [6, 6.07) is 0. The summed E-state index contributed by atoms with van der Waals surface area (Å²) in [5, 5.41) is 17.5. The fraction of sp³-hybridized carbons (Fsp3) is 0.778. The molecule has 0 radical (unpaired) electrons. The van der Waals surface area contributed by atoms with Gasteiger partial charge >= 0.3 is 11.9 Å². The van der Waals surface area contributed by atoms with Crippen molar-refractivity contribution in [3.63, 3.8) is 0 Å². The van der Waals surface area contributed by atoms with Gasteiger partial charge in [0, 0.05) is 0 Å². The fourth-order valence-corrected chi connectivity index (χ4v) is 1.38. The van der Waals surface area contributed by atoms with Gasteiger partial charge in [0.15, 0.2) is 0 Å². The molecule has 82 valence electrons. The van der Waals surface area contributed by atoms with E-state index in [1.165, 1.54) is 6.92 Å². The van der Waals surface area contributed by atoms with E-state index in [0.29, 0.717) is 12.8 Å². The minimum Gasteiger partial charge on any atom is -0.481 e. The number of nitrogens with two attached hydrogens (primary N) is 1. The van der Waals surface area contributed by atoms with Gasteiger partial charge in [-0.1, -0.05) is 20.3 Å². The molecule has 5 heteroatoms. The molecule has 4 N–H and O–H groups in total. The van der Waals surface area contributed by atoms with Crippen molar-refractivity contribution in [3.8, 4) is 0 Å². The first kappa shape index (κ1) is 12.9. The van der Waals surface area contributed by atoms with Crippen LogP contribution in [-0.2, 0) is 9.59 Å². The number of aliphatic carboxylic acids is 2. The van der Waals surface area contributed by atoms with Crippen LogP contribution in [0.2, 0.25) is 0 Å². The monoisotopic (exact) mass is 203 g/mol. The van der Waals surface area contributed by atoms with E-state index in [0.717, 1.165) is 0 Å². The fourth-order valence-electron chi connectivity index (χ4n) is 1.38. The molecule has 0 rings (SSSR count). The van der Waals surface area contributed by atoms with Gasteiger partial charge in [-0.25, -0.2) is 0 Å². The molecule has 0 amide bonds. The first-order valence-electron chi connectivity index (χ1n) is 4.58. The summed E-state index contributed by atoms with van der Waals surface area (Å²) in [6.07, 6.45) is 0.876. The van der Waals surface area contributed by atoms with E-state index < -0.39 is 23.4 Å². The molecule has 0 saturated heterocycles. The van der Waals surface area contributed by atoms with E-state index in [1.54, 1.807) is 0 Å². The Morgan fingerprint density at radius 3 is 2.21 bits per heavy atom. The largest absolute Gasteiger partial charge is 0.481 e. The van der Waals surface area contributed by atoms with Crippen molar-refractivity contribution in [2.24, 2.45) is 11.7 Å². The third-order valence-corrected chi connectivity index (χ3v) is 2.21. The molecular weight excluding hydrogens is 186 g/mol. The summed E-state index contributed by atoms with van der Waals surface area (Å²) in [4.78, 5) is 21.4. The third-order valence-electron chi connectivity index (χ3n) is 2.21. The molecule has 2 unspecified atom stereocenters. The van der Waals surface area contributed by atoms with Gasteiger partial charge in [0.1, 0.15) is 5.54 Å². The molecule has 0 bridgehead atoms. The lowest BCUT2D eigenvalue weighted by atomic mass is 9.85. The lowest BCUT2D eigenvalue weighted by Gasteiger charge is -2.25. The maximum atomic E-state index is 10.9. The molecular formula is C9H17NO4. The van der Waals surface area contributed by atoms with Crippen LogP contribution in [0.25, 0.3) is 0 Å². The number of hydrogen-bond acceptors (Lipinski definition) is 3. The predicted octanol–water partition coefficient (Wildman–Crippen LogP) is 0.679. The van der Waals surface area contributed by atoms with Crippen LogP contribution in [0.3, 0.4) is 0 Å². The van der Waals surface area contributed by atoms with Gasteiger partial charge in [-0.2, -0.15) is 0 Å². The van der Waals surface area contributed by atoms with Gasteiger partial charge in [0.2, 0.25) is 0 Å². The van der Waals surface area contributed by atoms with Crippen LogP contribution in [0.1, 0.15) is 33.1 Å². The summed E-state index contributed by atoms with van der Waals surface area (Å²) >= 11 is 0. The van der Waals surface area contributed by atoms with E-state index in [-0.39, 0.29) is 6.42 Å². The van der Waals surface area contributed by atoms with Gasteiger partial charge in [0.25, 0.3) is 0 Å². The van der Waals surface area contributed by atoms with Crippen LogP contribution < -0.4 is 5.73 Å². The molecule has 0 aromatic rings. The number of carbonyl (C=O) groups is 2. The van der Waals surface area contributed by atoms with Crippen molar-refractivity contribution in [3.05, 3.63) is 0 Å². The molecule has 0 aromatic heterocycles. The minimum atomic E-state index is -1.41. The molecule has 0 aliphatic rings. The van der Waals surface area contributed by atoms with Gasteiger partial charge in [-0.15, -0.1) is 0 Å². The van der Waals surface area contributed by atoms with Crippen LogP contribution in [-0.4, -0.2) is 27.7 Å². The second-order valence-corrected chi connectivity index (χ2v) is 3.65. The highest BCUT2D eigenvalue weighted by atomic mass is 16.4. The summed E-state index contributed by atoms with van der Waals surface area (Å²) in [7, 11) is 0. The summed E-state index contributed by atoms with van der Waals surface area (Å²) in [6.45, 7) is 3.28. The lowest BCUT2D eigenvalue weighted by Crippen LogP contribution is -2.49. The van der Waals surface area contributed by atoms with Gasteiger partial charge in [-0.05, 0) is 12.8 Å². The summed E-state index contributed by atoms with van der Waals surface area (Å²) in [5.41, 5.74) is 4.22. The third kappa shape index (κ3) is 3.33. The molecule has 0 fully saturated rings. The molecule has 0 aliphatic heterocycles. The predicted molar refractivity (Wildman–Crippen MR) is 50.9 cm³/mol. The van der Waals surface area contributed by atoms with Crippen molar-refractivity contribution in [1.29, 1.82) is 0 Å². The topological polar surface area (TPSA) is 101 Å². The van der Waals surface area contributed by atoms with Crippen LogP contribution in [0.5, 0.6) is 0 Å². The Morgan fingerprint density at radius 2 is 1.93 bits per heavy atom. The maximum absolute atomic E-state index is 10.9. The Labute approximate surface area is 82.9 Å². The van der Waals surface area contributed by atoms with E-state index in [1.807, 2.05) is 6.92 Å². The number of rotatable bonds is 6. The molecule has 0 heterocycles. The molecule has 2 atom stereocenters. The van der Waals surface area contributed by atoms with E-state index in [4.69, 9.17) is 15.9 Å². The smallest absolute Gasteiger partial charge is 0.323 e. The number of carboxylic acids is 2. The zero-order valence-corrected chi connectivity index (χ0v) is 8.49. The Hall–Kier alpha value is -1.10. The van der Waals surface area contributed by atoms with Crippen molar-refractivity contribution in [1.82, 2.24) is 0 Å². The Morgan fingerprint density at radius 1 is 1.43 bits per heavy atom. The molecule has 0 spiro atoms. The standard InChI is InChI=1S/C9H17NO4/c1-3-4-9(10,8(13)14)5-6(2)7(11)12/h6H,3-5,10H2,1-2H3,(H,11,12)(H,13,14). The van der Waals surface area contributed by atoms with E-state index >= 15 is 0 Å². The lowest BCUT2D eigenvalue weighted by molar-refractivity contribution is -0.147. The first-order valence-corrected chi connectivity index (χ1v) is 4.58. The van der Waals surface area contributed by atoms with E-state index in [9.17, 15) is 9.59 Å². The summed E-state index contributed by atoms with van der Waals surface area (Å²) < 4.78 is 0. The molecule has 5 nitrogen and oxygen atoms in total. The van der Waals surface area contributed by atoms with E-state index in [2.05, 4.69) is 0 Å². The van der Waals surface area contributed by atoms with Crippen molar-refractivity contribution < 1.29 is 19.8 Å². The normalized spacial score (nSPS) is 17.1. The Bertz CT molecular complexity index is 229. The van der Waals surface area contributed by atoms with Crippen LogP contribution >= 0.6 is 0 Å². The van der Waals surface area contributed by atoms with Crippen molar-refractivity contribution in [2.45, 2.75) is 38.6 Å². The Kier molecular flexibility index (Phi) is 4.56. The van der Waals surface area contributed by atoms with Crippen LogP contribution in [0.15, 0.2) is 0 Å². The molecule has 14 heavy (non-hydrogen) atoms. The number of carboxylic acid groups (broad SMARTS) is 2. The SMILES string of the molecule is CCCC(N)(CC(C)C(=O)O)C(=O)O. The Balaban J connectivity index is 4.52. The molecule has 0 saturated carbocycles. The molecule has 0 aliphatic carbocycles. The quantitative estimate of drug-likeness (QED) is 0.589. The van der Waals surface area contributed by atoms with Gasteiger partial charge < -0.3 is 15.9 Å². The highest BCUT2D eigenvalue weighted by molar-refractivity contribution is 5.80. The zero-order valence-electron chi connectivity index (χ0n) is 8.49. The summed E-state index contributed by atoms with van der Waals surface area (Å²) in [5.74, 6) is -2.88. The first-order chi connectivity index (χ1) is 6.33. The highest BCUT2D eigenvalue weighted by Crippen LogP contribution is 2.20. The average molecular weight is 203 g/mol. The van der Waals surface area contributed by atoms with Crippen LogP contribution in [0.4, 0.5) is 0 Å². The van der Waals surface area contributed by atoms with Crippen molar-refractivity contribution >= 4 is 11.9 Å². The minimum absolute atomic E-state index is 0.0362. The van der Waals surface area contributed by atoms with Gasteiger partial charge in [-0.3, -0.25) is 9.59 Å². The number of hydrogen-bond donors (Lipinski definition) is 3. The van der Waals surface area contributed by atoms with Crippen LogP contribution in [0, 0.1) is 5.92 Å². The van der Waals surface area contributed by atoms with Gasteiger partial charge in [0.05, 0.1) is 5.92 Å². The van der Waals surface area contributed by atoms with Crippen molar-refractivity contribution in [2.75, 3.05) is 0 Å².